The van der Waals surface area contributed by atoms with E-state index in [1.54, 1.807) is 0 Å². The Morgan fingerprint density at radius 3 is 2.35 bits per heavy atom. The summed E-state index contributed by atoms with van der Waals surface area (Å²) in [6.07, 6.45) is 3.89. The van der Waals surface area contributed by atoms with Crippen LogP contribution in [0.4, 0.5) is 0 Å². The van der Waals surface area contributed by atoms with Gasteiger partial charge in [-0.2, -0.15) is 0 Å². The van der Waals surface area contributed by atoms with E-state index in [2.05, 4.69) is 19.1 Å². The molecule has 23 heavy (non-hydrogen) atoms. The van der Waals surface area contributed by atoms with Gasteiger partial charge in [-0.1, -0.05) is 0 Å². The molecule has 0 amide bonds. The van der Waals surface area contributed by atoms with Gasteiger partial charge in [0, 0.05) is 0 Å². The van der Waals surface area contributed by atoms with Crippen LogP contribution in [-0.2, 0) is 9.53 Å². The quantitative estimate of drug-likeness (QED) is 0.304. The van der Waals surface area contributed by atoms with E-state index in [0.717, 1.165) is 29.3 Å². The Bertz CT molecular complexity index is 621. The SMILES string of the molecule is CCCCOC(=O)/C(=C/c1ccccc1)C[Se]c1ccccc1. The van der Waals surface area contributed by atoms with Crippen LogP contribution in [-0.4, -0.2) is 27.5 Å². The average Bonchev–Trinajstić information content (AvgIpc) is 2.60. The molecule has 2 nitrogen and oxygen atoms in total. The van der Waals surface area contributed by atoms with E-state index >= 15 is 0 Å². The van der Waals surface area contributed by atoms with Gasteiger partial charge < -0.3 is 0 Å². The summed E-state index contributed by atoms with van der Waals surface area (Å²) in [5.41, 5.74) is 1.80. The maximum atomic E-state index is 12.4. The Labute approximate surface area is 144 Å². The van der Waals surface area contributed by atoms with Crippen LogP contribution < -0.4 is 4.46 Å². The second-order valence-corrected chi connectivity index (χ2v) is 7.37. The second-order valence-electron chi connectivity index (χ2n) is 5.17. The fraction of sp³-hybridized carbons (Fsp3) is 0.250. The molecule has 0 saturated heterocycles. The predicted molar refractivity (Wildman–Crippen MR) is 96.9 cm³/mol. The van der Waals surface area contributed by atoms with E-state index in [-0.39, 0.29) is 20.9 Å². The summed E-state index contributed by atoms with van der Waals surface area (Å²) in [7, 11) is 0. The Morgan fingerprint density at radius 2 is 1.70 bits per heavy atom. The van der Waals surface area contributed by atoms with Crippen molar-refractivity contribution >= 4 is 31.5 Å². The van der Waals surface area contributed by atoms with Crippen molar-refractivity contribution in [3.8, 4) is 0 Å². The third-order valence-electron chi connectivity index (χ3n) is 3.27. The first-order chi connectivity index (χ1) is 11.3. The summed E-state index contributed by atoms with van der Waals surface area (Å²) in [6.45, 7) is 2.59. The molecule has 0 heterocycles. The fourth-order valence-corrected chi connectivity index (χ4v) is 3.82. The number of carbonyl (C=O) groups is 1. The molecule has 0 aliphatic carbocycles. The molecule has 0 unspecified atom stereocenters. The van der Waals surface area contributed by atoms with Crippen LogP contribution in [0.25, 0.3) is 6.08 Å². The number of esters is 1. The number of benzene rings is 2. The molecule has 2 aromatic carbocycles. The standard InChI is InChI=1S/C20H22O2Se/c1-2-3-14-22-20(21)18(15-17-10-6-4-7-11-17)16-23-19-12-8-5-9-13-19/h4-13,15H,2-3,14,16H2,1H3/b18-15+. The Morgan fingerprint density at radius 1 is 1.04 bits per heavy atom. The summed E-state index contributed by atoms with van der Waals surface area (Å²) < 4.78 is 6.70. The molecule has 2 aromatic rings. The molecule has 0 N–H and O–H groups in total. The Kier molecular flexibility index (Phi) is 7.65. The zero-order chi connectivity index (χ0) is 16.3. The molecule has 0 radical (unpaired) electrons. The Hall–Kier alpha value is -1.83. The van der Waals surface area contributed by atoms with Crippen molar-refractivity contribution in [2.24, 2.45) is 0 Å². The molecule has 120 valence electrons. The number of rotatable bonds is 8. The number of hydrogen-bond donors (Lipinski definition) is 0. The van der Waals surface area contributed by atoms with Gasteiger partial charge in [-0.3, -0.25) is 0 Å². The number of hydrogen-bond acceptors (Lipinski definition) is 2. The predicted octanol–water partition coefficient (Wildman–Crippen LogP) is 3.86. The van der Waals surface area contributed by atoms with E-state index < -0.39 is 0 Å². The van der Waals surface area contributed by atoms with Crippen LogP contribution in [0, 0.1) is 0 Å². The molecule has 3 heteroatoms. The third kappa shape index (κ3) is 6.43. The van der Waals surface area contributed by atoms with Gasteiger partial charge in [0.25, 0.3) is 0 Å². The van der Waals surface area contributed by atoms with Gasteiger partial charge in [-0.25, -0.2) is 0 Å². The summed E-state index contributed by atoms with van der Waals surface area (Å²) in [6, 6.07) is 20.3. The molecule has 0 fully saturated rings. The minimum atomic E-state index is -0.180. The first kappa shape index (κ1) is 17.5. The zero-order valence-corrected chi connectivity index (χ0v) is 15.1. The van der Waals surface area contributed by atoms with E-state index in [4.69, 9.17) is 4.74 Å². The topological polar surface area (TPSA) is 26.3 Å². The van der Waals surface area contributed by atoms with Gasteiger partial charge in [0.1, 0.15) is 0 Å². The van der Waals surface area contributed by atoms with Crippen molar-refractivity contribution in [1.29, 1.82) is 0 Å². The molecule has 0 aliphatic rings. The van der Waals surface area contributed by atoms with Crippen LogP contribution in [0.5, 0.6) is 0 Å². The van der Waals surface area contributed by atoms with Gasteiger partial charge in [0.2, 0.25) is 0 Å². The summed E-state index contributed by atoms with van der Waals surface area (Å²) >= 11 is 0.228. The Balaban J connectivity index is 2.07. The minimum absolute atomic E-state index is 0.180. The van der Waals surface area contributed by atoms with Crippen LogP contribution in [0.15, 0.2) is 66.2 Å². The van der Waals surface area contributed by atoms with Crippen molar-refractivity contribution < 1.29 is 9.53 Å². The molecule has 0 aromatic heterocycles. The maximum absolute atomic E-state index is 12.4. The molecular weight excluding hydrogens is 351 g/mol. The third-order valence-corrected chi connectivity index (χ3v) is 5.50. The van der Waals surface area contributed by atoms with Gasteiger partial charge in [0.05, 0.1) is 0 Å². The zero-order valence-electron chi connectivity index (χ0n) is 13.4. The van der Waals surface area contributed by atoms with Gasteiger partial charge in [-0.15, -0.1) is 0 Å². The van der Waals surface area contributed by atoms with Crippen LogP contribution >= 0.6 is 0 Å². The van der Waals surface area contributed by atoms with E-state index in [0.29, 0.717) is 6.61 Å². The number of unbranched alkanes of at least 4 members (excludes halogenated alkanes) is 1. The molecule has 0 bridgehead atoms. The van der Waals surface area contributed by atoms with Crippen molar-refractivity contribution in [1.82, 2.24) is 0 Å². The van der Waals surface area contributed by atoms with Gasteiger partial charge in [-0.05, 0) is 0 Å². The molecule has 0 spiro atoms. The van der Waals surface area contributed by atoms with Crippen molar-refractivity contribution in [2.45, 2.75) is 25.1 Å². The van der Waals surface area contributed by atoms with E-state index in [9.17, 15) is 4.79 Å². The van der Waals surface area contributed by atoms with E-state index in [1.807, 2.05) is 54.6 Å². The monoisotopic (exact) mass is 374 g/mol. The number of carbonyl (C=O) groups excluding carboxylic acids is 1. The summed E-state index contributed by atoms with van der Waals surface area (Å²) in [5, 5.41) is 0.747. The molecule has 0 aliphatic heterocycles. The molecule has 0 atom stereocenters. The molecule has 2 rings (SSSR count). The molecule has 0 saturated carbocycles. The van der Waals surface area contributed by atoms with Crippen molar-refractivity contribution in [2.75, 3.05) is 6.61 Å². The van der Waals surface area contributed by atoms with Gasteiger partial charge in [0.15, 0.2) is 0 Å². The number of ether oxygens (including phenoxy) is 1. The average molecular weight is 373 g/mol. The van der Waals surface area contributed by atoms with Crippen molar-refractivity contribution in [3.63, 3.8) is 0 Å². The first-order valence-corrected chi connectivity index (χ1v) is 9.97. The van der Waals surface area contributed by atoms with Crippen LogP contribution in [0.1, 0.15) is 25.3 Å². The summed E-state index contributed by atoms with van der Waals surface area (Å²) in [4.78, 5) is 12.4. The first-order valence-electron chi connectivity index (χ1n) is 7.90. The van der Waals surface area contributed by atoms with Crippen LogP contribution in [0.2, 0.25) is 5.32 Å². The van der Waals surface area contributed by atoms with Crippen LogP contribution in [0.3, 0.4) is 0 Å². The van der Waals surface area contributed by atoms with Crippen molar-refractivity contribution in [3.05, 3.63) is 71.8 Å². The van der Waals surface area contributed by atoms with E-state index in [1.165, 1.54) is 4.46 Å². The fourth-order valence-electron chi connectivity index (χ4n) is 1.99. The summed E-state index contributed by atoms with van der Waals surface area (Å²) in [5.74, 6) is -0.180. The molecular formula is C20H22O2Se. The normalized spacial score (nSPS) is 11.3. The second kappa shape index (κ2) is 10.0. The van der Waals surface area contributed by atoms with Gasteiger partial charge >= 0.3 is 144 Å².